The fourth-order valence-corrected chi connectivity index (χ4v) is 5.27. The number of fused-ring (bicyclic) bond motifs is 1. The molecule has 0 spiro atoms. The molecule has 0 bridgehead atoms. The van der Waals surface area contributed by atoms with Crippen molar-refractivity contribution in [2.75, 3.05) is 25.0 Å². The highest BCUT2D eigenvalue weighted by atomic mass is 16.1. The minimum Gasteiger partial charge on any atom is -0.387 e. The maximum absolute atomic E-state index is 13.6. The van der Waals surface area contributed by atoms with Crippen molar-refractivity contribution in [3.8, 4) is 0 Å². The van der Waals surface area contributed by atoms with Crippen molar-refractivity contribution in [2.24, 2.45) is 17.1 Å². The molecule has 6 nitrogen and oxygen atoms in total. The highest BCUT2D eigenvalue weighted by molar-refractivity contribution is 6.17. The molecule has 170 valence electrons. The number of Topliss-reactive ketones (excluding diaryl/α,β-unsaturated/α-hetero) is 1. The third-order valence-corrected chi connectivity index (χ3v) is 7.24. The Bertz CT molecular complexity index is 949. The molecule has 3 aliphatic rings. The average molecular weight is 434 g/mol. The van der Waals surface area contributed by atoms with Crippen molar-refractivity contribution in [3.63, 3.8) is 0 Å². The van der Waals surface area contributed by atoms with E-state index in [0.717, 1.165) is 75.3 Å². The van der Waals surface area contributed by atoms with Crippen molar-refractivity contribution in [1.82, 2.24) is 4.90 Å². The van der Waals surface area contributed by atoms with E-state index in [1.54, 1.807) is 0 Å². The summed E-state index contributed by atoms with van der Waals surface area (Å²) in [5.74, 6) is 0.799. The molecule has 2 unspecified atom stereocenters. The summed E-state index contributed by atoms with van der Waals surface area (Å²) in [5, 5.41) is 19.8. The predicted molar refractivity (Wildman–Crippen MR) is 130 cm³/mol. The van der Waals surface area contributed by atoms with Gasteiger partial charge >= 0.3 is 0 Å². The van der Waals surface area contributed by atoms with Gasteiger partial charge in [0.05, 0.1) is 5.84 Å². The molecular formula is C26H35N5O. The summed E-state index contributed by atoms with van der Waals surface area (Å²) in [4.78, 5) is 15.8. The number of carbonyl (C=O) groups excluding carboxylic acids is 1. The lowest BCUT2D eigenvalue weighted by molar-refractivity contribution is -0.120. The zero-order valence-corrected chi connectivity index (χ0v) is 18.8. The molecule has 2 atom stereocenters. The van der Waals surface area contributed by atoms with E-state index in [2.05, 4.69) is 22.3 Å². The molecule has 0 saturated carbocycles. The van der Waals surface area contributed by atoms with Crippen molar-refractivity contribution in [2.45, 2.75) is 51.4 Å². The smallest absolute Gasteiger partial charge is 0.176 e. The van der Waals surface area contributed by atoms with Crippen LogP contribution in [0, 0.1) is 22.2 Å². The Morgan fingerprint density at radius 2 is 2.06 bits per heavy atom. The maximum Gasteiger partial charge on any atom is 0.176 e. The van der Waals surface area contributed by atoms with Crippen LogP contribution < -0.4 is 11.1 Å². The van der Waals surface area contributed by atoms with E-state index in [-0.39, 0.29) is 17.5 Å². The number of amidine groups is 2. The van der Waals surface area contributed by atoms with Crippen molar-refractivity contribution in [1.29, 1.82) is 10.8 Å². The van der Waals surface area contributed by atoms with Crippen LogP contribution in [0.2, 0.25) is 0 Å². The molecule has 1 saturated heterocycles. The Hall–Kier alpha value is -2.89. The zero-order chi connectivity index (χ0) is 22.6. The lowest BCUT2D eigenvalue weighted by atomic mass is 9.69. The van der Waals surface area contributed by atoms with Gasteiger partial charge in [0.2, 0.25) is 0 Å². The van der Waals surface area contributed by atoms with Crippen LogP contribution in [0.1, 0.15) is 50.5 Å². The molecule has 0 aromatic heterocycles. The quantitative estimate of drug-likeness (QED) is 0.279. The first kappa shape index (κ1) is 22.3. The van der Waals surface area contributed by atoms with E-state index < -0.39 is 5.41 Å². The maximum atomic E-state index is 13.6. The number of likely N-dealkylation sites (tertiary alicyclic amines) is 1. The van der Waals surface area contributed by atoms with Gasteiger partial charge in [0.25, 0.3) is 0 Å². The molecule has 1 fully saturated rings. The summed E-state index contributed by atoms with van der Waals surface area (Å²) in [6.45, 7) is 2.62. The normalized spacial score (nSPS) is 25.2. The van der Waals surface area contributed by atoms with E-state index in [9.17, 15) is 4.79 Å². The number of hydrogen-bond donors (Lipinski definition) is 4. The van der Waals surface area contributed by atoms with E-state index in [1.807, 2.05) is 30.4 Å². The second-order valence-electron chi connectivity index (χ2n) is 9.34. The van der Waals surface area contributed by atoms with Crippen LogP contribution in [0.4, 0.5) is 5.69 Å². The molecule has 1 aromatic carbocycles. The fourth-order valence-electron chi connectivity index (χ4n) is 5.27. The van der Waals surface area contributed by atoms with Gasteiger partial charge in [-0.2, -0.15) is 0 Å². The number of anilines is 1. The van der Waals surface area contributed by atoms with Gasteiger partial charge in [0.15, 0.2) is 5.78 Å². The summed E-state index contributed by atoms with van der Waals surface area (Å²) in [6.07, 6.45) is 13.1. The summed E-state index contributed by atoms with van der Waals surface area (Å²) < 4.78 is 0. The summed E-state index contributed by atoms with van der Waals surface area (Å²) in [5.41, 5.74) is 8.18. The molecule has 6 heteroatoms. The minimum absolute atomic E-state index is 0.00325. The third-order valence-electron chi connectivity index (χ3n) is 7.24. The Morgan fingerprint density at radius 3 is 2.88 bits per heavy atom. The molecule has 0 amide bonds. The monoisotopic (exact) mass is 433 g/mol. The number of rotatable bonds is 8. The lowest BCUT2D eigenvalue weighted by Gasteiger charge is -2.35. The van der Waals surface area contributed by atoms with E-state index in [1.165, 1.54) is 12.0 Å². The van der Waals surface area contributed by atoms with Crippen LogP contribution in [-0.4, -0.2) is 42.0 Å². The van der Waals surface area contributed by atoms with E-state index >= 15 is 0 Å². The molecule has 4 rings (SSSR count). The molecule has 0 radical (unpaired) electrons. The van der Waals surface area contributed by atoms with E-state index in [0.29, 0.717) is 6.42 Å². The summed E-state index contributed by atoms with van der Waals surface area (Å²) in [6, 6.07) is 8.24. The molecule has 1 aromatic rings. The van der Waals surface area contributed by atoms with Crippen molar-refractivity contribution < 1.29 is 4.79 Å². The van der Waals surface area contributed by atoms with Crippen LogP contribution in [0.3, 0.4) is 0 Å². The average Bonchev–Trinajstić information content (AvgIpc) is 2.80. The molecule has 1 aliphatic carbocycles. The first-order valence-electron chi connectivity index (χ1n) is 11.9. The van der Waals surface area contributed by atoms with Gasteiger partial charge < -0.3 is 16.0 Å². The molecule has 5 N–H and O–H groups in total. The second-order valence-corrected chi connectivity index (χ2v) is 9.34. The number of nitrogens with zero attached hydrogens (tertiary/aromatic N) is 1. The van der Waals surface area contributed by atoms with Gasteiger partial charge in [-0.05, 0) is 43.7 Å². The standard InChI is InChI=1S/C26H35N5O/c27-23-12-4-7-16-31(23)15-6-1-5-13-26(25(28)29)14-8-10-21(24(26)32)20-17-19-9-2-3-11-22(19)30-18-20/h2-3,8-11,14,20,27,30H,1,4-7,12-13,15-18H2,(H3,28,29). The number of unbranched alkanes of at least 4 members (excludes halogenated alkanes) is 2. The Kier molecular flexibility index (Phi) is 6.77. The number of allylic oxidation sites excluding steroid dienone is 2. The topological polar surface area (TPSA) is 106 Å². The van der Waals surface area contributed by atoms with Gasteiger partial charge in [-0.15, -0.1) is 0 Å². The van der Waals surface area contributed by atoms with Gasteiger partial charge in [-0.3, -0.25) is 15.6 Å². The number of para-hydroxylation sites is 1. The highest BCUT2D eigenvalue weighted by Gasteiger charge is 2.43. The number of ketones is 1. The second kappa shape index (κ2) is 9.72. The number of nitrogens with one attached hydrogen (secondary N) is 3. The first-order chi connectivity index (χ1) is 15.5. The van der Waals surface area contributed by atoms with Crippen molar-refractivity contribution in [3.05, 3.63) is 53.6 Å². The fraction of sp³-hybridized carbons (Fsp3) is 0.500. The van der Waals surface area contributed by atoms with Gasteiger partial charge in [0.1, 0.15) is 11.3 Å². The van der Waals surface area contributed by atoms with Gasteiger partial charge in [0, 0.05) is 43.2 Å². The zero-order valence-electron chi connectivity index (χ0n) is 18.8. The predicted octanol–water partition coefficient (Wildman–Crippen LogP) is 4.28. The largest absolute Gasteiger partial charge is 0.387 e. The lowest BCUT2D eigenvalue weighted by Crippen LogP contribution is -2.46. The molecular weight excluding hydrogens is 398 g/mol. The number of piperidine rings is 1. The molecule has 2 aliphatic heterocycles. The highest BCUT2D eigenvalue weighted by Crippen LogP contribution is 2.38. The number of benzene rings is 1. The summed E-state index contributed by atoms with van der Waals surface area (Å²) >= 11 is 0. The number of nitrogens with two attached hydrogens (primary N) is 1. The van der Waals surface area contributed by atoms with Crippen LogP contribution in [0.5, 0.6) is 0 Å². The van der Waals surface area contributed by atoms with Gasteiger partial charge in [-0.25, -0.2) is 0 Å². The summed E-state index contributed by atoms with van der Waals surface area (Å²) in [7, 11) is 0. The van der Waals surface area contributed by atoms with Crippen LogP contribution in [0.25, 0.3) is 0 Å². The van der Waals surface area contributed by atoms with Crippen molar-refractivity contribution >= 4 is 23.1 Å². The van der Waals surface area contributed by atoms with Gasteiger partial charge in [-0.1, -0.05) is 49.3 Å². The number of hydrogen-bond acceptors (Lipinski definition) is 4. The Labute approximate surface area is 191 Å². The molecule has 2 heterocycles. The molecule has 32 heavy (non-hydrogen) atoms. The SMILES string of the molecule is N=C1CCCCN1CCCCCC1(C(=N)N)C=CC=C(C2CNc3ccccc3C2)C1=O. The first-order valence-corrected chi connectivity index (χ1v) is 11.9. The van der Waals surface area contributed by atoms with Crippen LogP contribution in [-0.2, 0) is 11.2 Å². The van der Waals surface area contributed by atoms with Crippen LogP contribution in [0.15, 0.2) is 48.1 Å². The Morgan fingerprint density at radius 1 is 1.22 bits per heavy atom. The Balaban J connectivity index is 1.37. The van der Waals surface area contributed by atoms with Crippen LogP contribution >= 0.6 is 0 Å². The van der Waals surface area contributed by atoms with E-state index in [4.69, 9.17) is 16.6 Å². The number of carbonyl (C=O) groups is 1. The minimum atomic E-state index is -1.01. The third kappa shape index (κ3) is 4.50.